The third-order valence-corrected chi connectivity index (χ3v) is 3.74. The molecule has 1 aromatic carbocycles. The number of rotatable bonds is 1. The minimum absolute atomic E-state index is 0.110. The molecule has 20 heavy (non-hydrogen) atoms. The zero-order valence-electron chi connectivity index (χ0n) is 11.2. The van der Waals surface area contributed by atoms with Gasteiger partial charge in [0.05, 0.1) is 23.9 Å². The smallest absolute Gasteiger partial charge is 0.322 e. The van der Waals surface area contributed by atoms with Gasteiger partial charge in [0.1, 0.15) is 5.82 Å². The van der Waals surface area contributed by atoms with Gasteiger partial charge in [-0.05, 0) is 17.7 Å². The number of nitrogens with zero attached hydrogens (tertiary/aromatic N) is 2. The molecule has 0 fully saturated rings. The van der Waals surface area contributed by atoms with E-state index in [1.807, 2.05) is 0 Å². The lowest BCUT2D eigenvalue weighted by molar-refractivity contribution is -0.124. The molecular formula is C14H14FN3O2. The Balaban J connectivity index is 2.08. The highest BCUT2D eigenvalue weighted by Crippen LogP contribution is 2.34. The number of hydrogen-bond acceptors (Lipinski definition) is 2. The van der Waals surface area contributed by atoms with Crippen LogP contribution in [0.5, 0.6) is 0 Å². The monoisotopic (exact) mass is 275 g/mol. The summed E-state index contributed by atoms with van der Waals surface area (Å²) in [6, 6.07) is 5.03. The van der Waals surface area contributed by atoms with Crippen LogP contribution < -0.4 is 5.32 Å². The Morgan fingerprint density at radius 1 is 1.20 bits per heavy atom. The van der Waals surface area contributed by atoms with Crippen LogP contribution in [0.15, 0.2) is 35.5 Å². The Hall–Kier alpha value is -2.37. The zero-order valence-corrected chi connectivity index (χ0v) is 11.2. The molecule has 0 aromatic heterocycles. The first-order valence-electron chi connectivity index (χ1n) is 6.27. The lowest BCUT2D eigenvalue weighted by Gasteiger charge is -2.31. The van der Waals surface area contributed by atoms with E-state index >= 15 is 0 Å². The summed E-state index contributed by atoms with van der Waals surface area (Å²) < 4.78 is 13.0. The summed E-state index contributed by atoms with van der Waals surface area (Å²) in [5.41, 5.74) is 1.96. The molecule has 104 valence electrons. The molecule has 1 atom stereocenters. The first-order chi connectivity index (χ1) is 9.49. The Bertz CT molecular complexity index is 624. The van der Waals surface area contributed by atoms with E-state index in [0.29, 0.717) is 23.4 Å². The van der Waals surface area contributed by atoms with Crippen molar-refractivity contribution in [3.05, 3.63) is 46.9 Å². The van der Waals surface area contributed by atoms with Crippen molar-refractivity contribution in [2.75, 3.05) is 20.6 Å². The van der Waals surface area contributed by atoms with Gasteiger partial charge in [-0.1, -0.05) is 12.1 Å². The van der Waals surface area contributed by atoms with Crippen LogP contribution in [0.25, 0.3) is 0 Å². The van der Waals surface area contributed by atoms with Gasteiger partial charge in [0.2, 0.25) is 0 Å². The topological polar surface area (TPSA) is 52.7 Å². The Morgan fingerprint density at radius 3 is 2.50 bits per heavy atom. The van der Waals surface area contributed by atoms with Crippen LogP contribution in [0.3, 0.4) is 0 Å². The van der Waals surface area contributed by atoms with Gasteiger partial charge < -0.3 is 10.2 Å². The first-order valence-corrected chi connectivity index (χ1v) is 6.27. The van der Waals surface area contributed by atoms with Gasteiger partial charge in [-0.3, -0.25) is 9.69 Å². The van der Waals surface area contributed by atoms with Gasteiger partial charge in [-0.15, -0.1) is 0 Å². The molecule has 2 aliphatic heterocycles. The molecule has 3 amide bonds. The number of urea groups is 1. The number of benzene rings is 1. The summed E-state index contributed by atoms with van der Waals surface area (Å²) >= 11 is 0. The predicted molar refractivity (Wildman–Crippen MR) is 70.1 cm³/mol. The lowest BCUT2D eigenvalue weighted by Crippen LogP contribution is -2.45. The standard InChI is InChI=1S/C14H14FN3O2/c1-17-7-10-11(13(17)19)12(16-14(20)18(10)2)8-3-5-9(15)6-4-8/h3-6,12H,7H2,1-2H3,(H,16,20)/t12-/m1/s1. The molecule has 2 aliphatic rings. The Morgan fingerprint density at radius 2 is 1.85 bits per heavy atom. The number of hydrogen-bond donors (Lipinski definition) is 1. The molecular weight excluding hydrogens is 261 g/mol. The van der Waals surface area contributed by atoms with Crippen molar-refractivity contribution in [2.24, 2.45) is 0 Å². The van der Waals surface area contributed by atoms with Crippen molar-refractivity contribution in [1.29, 1.82) is 0 Å². The molecule has 0 radical (unpaired) electrons. The molecule has 6 heteroatoms. The number of amides is 3. The van der Waals surface area contributed by atoms with Gasteiger partial charge in [0.15, 0.2) is 0 Å². The van der Waals surface area contributed by atoms with E-state index in [1.54, 1.807) is 31.1 Å². The molecule has 0 saturated carbocycles. The molecule has 5 nitrogen and oxygen atoms in total. The van der Waals surface area contributed by atoms with Crippen LogP contribution in [0.1, 0.15) is 11.6 Å². The summed E-state index contributed by atoms with van der Waals surface area (Å²) in [4.78, 5) is 27.3. The summed E-state index contributed by atoms with van der Waals surface area (Å²) in [7, 11) is 3.33. The number of likely N-dealkylation sites (N-methyl/N-ethyl adjacent to an activating group) is 2. The average Bonchev–Trinajstić information content (AvgIpc) is 2.72. The fourth-order valence-corrected chi connectivity index (χ4v) is 2.61. The van der Waals surface area contributed by atoms with Crippen molar-refractivity contribution >= 4 is 11.9 Å². The summed E-state index contributed by atoms with van der Waals surface area (Å²) in [6.07, 6.45) is 0. The van der Waals surface area contributed by atoms with Crippen LogP contribution in [0.2, 0.25) is 0 Å². The summed E-state index contributed by atoms with van der Waals surface area (Å²) in [5, 5.41) is 2.78. The largest absolute Gasteiger partial charge is 0.336 e. The van der Waals surface area contributed by atoms with Crippen LogP contribution >= 0.6 is 0 Å². The van der Waals surface area contributed by atoms with Gasteiger partial charge in [-0.2, -0.15) is 0 Å². The van der Waals surface area contributed by atoms with Crippen LogP contribution in [-0.2, 0) is 4.79 Å². The van der Waals surface area contributed by atoms with Crippen molar-refractivity contribution in [1.82, 2.24) is 15.1 Å². The van der Waals surface area contributed by atoms with Crippen LogP contribution in [0.4, 0.5) is 9.18 Å². The molecule has 0 saturated heterocycles. The van der Waals surface area contributed by atoms with E-state index < -0.39 is 6.04 Å². The molecule has 0 unspecified atom stereocenters. The second-order valence-electron chi connectivity index (χ2n) is 5.01. The third kappa shape index (κ3) is 1.76. The Labute approximate surface area is 115 Å². The van der Waals surface area contributed by atoms with Gasteiger partial charge in [-0.25, -0.2) is 9.18 Å². The minimum atomic E-state index is -0.522. The van der Waals surface area contributed by atoms with Gasteiger partial charge >= 0.3 is 6.03 Å². The highest BCUT2D eigenvalue weighted by molar-refractivity contribution is 6.01. The maximum absolute atomic E-state index is 13.0. The molecule has 1 aromatic rings. The highest BCUT2D eigenvalue weighted by Gasteiger charge is 2.41. The fraction of sp³-hybridized carbons (Fsp3) is 0.286. The molecule has 0 bridgehead atoms. The van der Waals surface area contributed by atoms with Crippen molar-refractivity contribution in [3.8, 4) is 0 Å². The maximum Gasteiger partial charge on any atom is 0.322 e. The zero-order chi connectivity index (χ0) is 14.4. The molecule has 2 heterocycles. The van der Waals surface area contributed by atoms with Gasteiger partial charge in [0, 0.05) is 14.1 Å². The van der Waals surface area contributed by atoms with E-state index in [-0.39, 0.29) is 17.8 Å². The second kappa shape index (κ2) is 4.33. The molecule has 1 N–H and O–H groups in total. The number of carbonyl (C=O) groups excluding carboxylic acids is 2. The average molecular weight is 275 g/mol. The van der Waals surface area contributed by atoms with Crippen LogP contribution in [-0.4, -0.2) is 42.4 Å². The van der Waals surface area contributed by atoms with Crippen molar-refractivity contribution < 1.29 is 14.0 Å². The molecule has 3 rings (SSSR count). The maximum atomic E-state index is 13.0. The Kier molecular flexibility index (Phi) is 2.74. The van der Waals surface area contributed by atoms with E-state index in [0.717, 1.165) is 0 Å². The van der Waals surface area contributed by atoms with Crippen molar-refractivity contribution in [2.45, 2.75) is 6.04 Å². The SMILES string of the molecule is CN1CC2=C(C1=O)[C@@H](c1ccc(F)cc1)NC(=O)N2C. The normalized spacial score (nSPS) is 22.2. The lowest BCUT2D eigenvalue weighted by atomic mass is 9.96. The first kappa shape index (κ1) is 12.7. The molecule has 0 aliphatic carbocycles. The molecule has 0 spiro atoms. The minimum Gasteiger partial charge on any atom is -0.336 e. The van der Waals surface area contributed by atoms with Crippen LogP contribution in [0, 0.1) is 5.82 Å². The summed E-state index contributed by atoms with van der Waals surface area (Å²) in [6.45, 7) is 0.412. The fourth-order valence-electron chi connectivity index (χ4n) is 2.61. The van der Waals surface area contributed by atoms with Gasteiger partial charge in [0.25, 0.3) is 5.91 Å². The van der Waals surface area contributed by atoms with E-state index in [1.165, 1.54) is 17.0 Å². The number of halogens is 1. The second-order valence-corrected chi connectivity index (χ2v) is 5.01. The highest BCUT2D eigenvalue weighted by atomic mass is 19.1. The number of carbonyl (C=O) groups is 2. The number of nitrogens with one attached hydrogen (secondary N) is 1. The third-order valence-electron chi connectivity index (χ3n) is 3.74. The van der Waals surface area contributed by atoms with E-state index in [4.69, 9.17) is 0 Å². The summed E-state index contributed by atoms with van der Waals surface area (Å²) in [5.74, 6) is -0.460. The van der Waals surface area contributed by atoms with E-state index in [9.17, 15) is 14.0 Å². The quantitative estimate of drug-likeness (QED) is 0.838. The predicted octanol–water partition coefficient (Wildman–Crippen LogP) is 1.25. The van der Waals surface area contributed by atoms with E-state index in [2.05, 4.69) is 5.32 Å². The van der Waals surface area contributed by atoms with Crippen molar-refractivity contribution in [3.63, 3.8) is 0 Å².